The number of nitrogens with one attached hydrogen (secondary N) is 1. The molecule has 0 spiro atoms. The van der Waals surface area contributed by atoms with Crippen molar-refractivity contribution >= 4 is 11.8 Å². The lowest BCUT2D eigenvalue weighted by Gasteiger charge is -2.28. The Morgan fingerprint density at radius 1 is 1.22 bits per heavy atom. The molecule has 1 aliphatic heterocycles. The number of benzene rings is 1. The van der Waals surface area contributed by atoms with E-state index >= 15 is 0 Å². The average Bonchev–Trinajstić information content (AvgIpc) is 2.59. The number of amides is 2. The molecule has 0 atom stereocenters. The minimum absolute atomic E-state index is 0.0505. The molecule has 118 valence electrons. The van der Waals surface area contributed by atoms with E-state index in [-0.39, 0.29) is 11.8 Å². The second kappa shape index (κ2) is 6.60. The normalized spacial score (nSPS) is 13.3. The molecule has 0 bridgehead atoms. The summed E-state index contributed by atoms with van der Waals surface area (Å²) in [5.41, 5.74) is 3.63. The molecule has 1 aromatic heterocycles. The zero-order chi connectivity index (χ0) is 16.2. The van der Waals surface area contributed by atoms with Crippen molar-refractivity contribution in [3.63, 3.8) is 0 Å². The van der Waals surface area contributed by atoms with E-state index < -0.39 is 0 Å². The van der Waals surface area contributed by atoms with Gasteiger partial charge in [0.1, 0.15) is 0 Å². The summed E-state index contributed by atoms with van der Waals surface area (Å²) >= 11 is 0. The van der Waals surface area contributed by atoms with Crippen molar-refractivity contribution in [3.05, 3.63) is 65.0 Å². The maximum Gasteiger partial charge on any atom is 0.253 e. The fourth-order valence-corrected chi connectivity index (χ4v) is 2.83. The van der Waals surface area contributed by atoms with Crippen molar-refractivity contribution in [2.45, 2.75) is 26.4 Å². The molecule has 3 rings (SSSR count). The fraction of sp³-hybridized carbons (Fsp3) is 0.278. The molecule has 0 radical (unpaired) electrons. The van der Waals surface area contributed by atoms with Gasteiger partial charge in [0.05, 0.1) is 5.56 Å². The van der Waals surface area contributed by atoms with E-state index in [0.717, 1.165) is 16.7 Å². The summed E-state index contributed by atoms with van der Waals surface area (Å²) in [6, 6.07) is 9.80. The summed E-state index contributed by atoms with van der Waals surface area (Å²) in [6.45, 7) is 3.22. The van der Waals surface area contributed by atoms with Gasteiger partial charge in [-0.25, -0.2) is 0 Å². The van der Waals surface area contributed by atoms with Crippen LogP contribution < -0.4 is 5.32 Å². The van der Waals surface area contributed by atoms with E-state index in [9.17, 15) is 9.59 Å². The van der Waals surface area contributed by atoms with Crippen LogP contribution in [0.2, 0.25) is 0 Å². The molecule has 1 N–H and O–H groups in total. The number of carbonyl (C=O) groups excluding carboxylic acids is 2. The Hall–Kier alpha value is -2.69. The highest BCUT2D eigenvalue weighted by atomic mass is 16.2. The van der Waals surface area contributed by atoms with Gasteiger partial charge >= 0.3 is 0 Å². The SMILES string of the molecule is CC(=O)N1CCc2c(cncc2C(=O)NCc2ccccc2)C1. The second-order valence-corrected chi connectivity index (χ2v) is 5.68. The van der Waals surface area contributed by atoms with Gasteiger partial charge in [-0.3, -0.25) is 14.6 Å². The first-order valence-corrected chi connectivity index (χ1v) is 7.68. The van der Waals surface area contributed by atoms with Gasteiger partial charge < -0.3 is 10.2 Å². The van der Waals surface area contributed by atoms with E-state index in [4.69, 9.17) is 0 Å². The lowest BCUT2D eigenvalue weighted by Crippen LogP contribution is -2.36. The van der Waals surface area contributed by atoms with Gasteiger partial charge in [0.25, 0.3) is 5.91 Å². The standard InChI is InChI=1S/C18H19N3O2/c1-13(22)21-8-7-16-15(12-21)10-19-11-17(16)18(23)20-9-14-5-3-2-4-6-14/h2-6,10-11H,7-9,12H2,1H3,(H,20,23). The highest BCUT2D eigenvalue weighted by Gasteiger charge is 2.23. The minimum atomic E-state index is -0.116. The topological polar surface area (TPSA) is 62.3 Å². The van der Waals surface area contributed by atoms with Crippen LogP contribution in [0.4, 0.5) is 0 Å². The number of hydrogen-bond donors (Lipinski definition) is 1. The van der Waals surface area contributed by atoms with Crippen LogP contribution in [0.1, 0.15) is 34.0 Å². The fourth-order valence-electron chi connectivity index (χ4n) is 2.83. The summed E-state index contributed by atoms with van der Waals surface area (Å²) in [6.07, 6.45) is 4.05. The van der Waals surface area contributed by atoms with Gasteiger partial charge in [-0.05, 0) is 23.1 Å². The van der Waals surface area contributed by atoms with E-state index in [1.165, 1.54) is 0 Å². The third-order valence-electron chi connectivity index (χ3n) is 4.13. The number of carbonyl (C=O) groups is 2. The predicted molar refractivity (Wildman–Crippen MR) is 86.6 cm³/mol. The molecule has 1 aliphatic rings. The molecule has 0 fully saturated rings. The molecule has 5 heteroatoms. The van der Waals surface area contributed by atoms with Crippen molar-refractivity contribution < 1.29 is 9.59 Å². The van der Waals surface area contributed by atoms with E-state index in [0.29, 0.717) is 31.6 Å². The third kappa shape index (κ3) is 3.39. The Kier molecular flexibility index (Phi) is 4.37. The number of pyridine rings is 1. The Morgan fingerprint density at radius 2 is 2.00 bits per heavy atom. The lowest BCUT2D eigenvalue weighted by molar-refractivity contribution is -0.129. The average molecular weight is 309 g/mol. The first kappa shape index (κ1) is 15.2. The van der Waals surface area contributed by atoms with E-state index in [1.807, 2.05) is 30.3 Å². The zero-order valence-electron chi connectivity index (χ0n) is 13.1. The second-order valence-electron chi connectivity index (χ2n) is 5.68. The van der Waals surface area contributed by atoms with Crippen LogP contribution in [-0.2, 0) is 24.3 Å². The van der Waals surface area contributed by atoms with Crippen molar-refractivity contribution in [2.24, 2.45) is 0 Å². The maximum absolute atomic E-state index is 12.5. The van der Waals surface area contributed by atoms with Gasteiger partial charge in [-0.2, -0.15) is 0 Å². The molecule has 2 amide bonds. The highest BCUT2D eigenvalue weighted by Crippen LogP contribution is 2.21. The molecule has 5 nitrogen and oxygen atoms in total. The number of nitrogens with zero attached hydrogens (tertiary/aromatic N) is 2. The van der Waals surface area contributed by atoms with Gasteiger partial charge in [0, 0.05) is 39.0 Å². The minimum Gasteiger partial charge on any atom is -0.348 e. The summed E-state index contributed by atoms with van der Waals surface area (Å²) in [5.74, 6) is -0.0657. The summed E-state index contributed by atoms with van der Waals surface area (Å²) in [7, 11) is 0. The molecule has 0 saturated carbocycles. The quantitative estimate of drug-likeness (QED) is 0.942. The zero-order valence-corrected chi connectivity index (χ0v) is 13.1. The summed E-state index contributed by atoms with van der Waals surface area (Å²) in [4.78, 5) is 29.9. The van der Waals surface area contributed by atoms with Crippen LogP contribution in [0.3, 0.4) is 0 Å². The van der Waals surface area contributed by atoms with E-state index in [1.54, 1.807) is 24.2 Å². The molecule has 1 aromatic carbocycles. The van der Waals surface area contributed by atoms with Crippen LogP contribution in [0.5, 0.6) is 0 Å². The first-order chi connectivity index (χ1) is 11.1. The molecule has 2 heterocycles. The van der Waals surface area contributed by atoms with Crippen LogP contribution >= 0.6 is 0 Å². The van der Waals surface area contributed by atoms with Crippen LogP contribution in [0.25, 0.3) is 0 Å². The Morgan fingerprint density at radius 3 is 2.74 bits per heavy atom. The predicted octanol–water partition coefficient (Wildman–Crippen LogP) is 1.92. The van der Waals surface area contributed by atoms with Crippen LogP contribution in [0.15, 0.2) is 42.7 Å². The third-order valence-corrected chi connectivity index (χ3v) is 4.13. The van der Waals surface area contributed by atoms with Crippen LogP contribution in [0, 0.1) is 0 Å². The molecule has 2 aromatic rings. The molecule has 0 aliphatic carbocycles. The van der Waals surface area contributed by atoms with Crippen molar-refractivity contribution in [3.8, 4) is 0 Å². The Bertz CT molecular complexity index is 728. The summed E-state index contributed by atoms with van der Waals surface area (Å²) < 4.78 is 0. The Balaban J connectivity index is 1.75. The summed E-state index contributed by atoms with van der Waals surface area (Å²) in [5, 5.41) is 2.94. The van der Waals surface area contributed by atoms with E-state index in [2.05, 4.69) is 10.3 Å². The number of hydrogen-bond acceptors (Lipinski definition) is 3. The van der Waals surface area contributed by atoms with Crippen molar-refractivity contribution in [1.82, 2.24) is 15.2 Å². The van der Waals surface area contributed by atoms with Crippen LogP contribution in [-0.4, -0.2) is 28.2 Å². The maximum atomic E-state index is 12.5. The number of fused-ring (bicyclic) bond motifs is 1. The van der Waals surface area contributed by atoms with Gasteiger partial charge in [-0.15, -0.1) is 0 Å². The number of aromatic nitrogens is 1. The van der Waals surface area contributed by atoms with Gasteiger partial charge in [0.2, 0.25) is 5.91 Å². The first-order valence-electron chi connectivity index (χ1n) is 7.68. The monoisotopic (exact) mass is 309 g/mol. The molecule has 0 unspecified atom stereocenters. The number of rotatable bonds is 3. The highest BCUT2D eigenvalue weighted by molar-refractivity contribution is 5.95. The molecule has 23 heavy (non-hydrogen) atoms. The molecular formula is C18H19N3O2. The molecule has 0 saturated heterocycles. The lowest BCUT2D eigenvalue weighted by atomic mass is 9.96. The largest absolute Gasteiger partial charge is 0.348 e. The van der Waals surface area contributed by atoms with Crippen molar-refractivity contribution in [1.29, 1.82) is 0 Å². The van der Waals surface area contributed by atoms with Gasteiger partial charge in [0.15, 0.2) is 0 Å². The van der Waals surface area contributed by atoms with Crippen molar-refractivity contribution in [2.75, 3.05) is 6.54 Å². The van der Waals surface area contributed by atoms with Gasteiger partial charge in [-0.1, -0.05) is 30.3 Å². The smallest absolute Gasteiger partial charge is 0.253 e. The molecular weight excluding hydrogens is 290 g/mol. The Labute approximate surface area is 135 Å².